The van der Waals surface area contributed by atoms with Gasteiger partial charge in [0.25, 0.3) is 0 Å². The summed E-state index contributed by atoms with van der Waals surface area (Å²) in [5.41, 5.74) is 2.63. The SMILES string of the molecule is Cc1cccc(CN2CCN(C(=O)/C=C/c3ccco3)CC2)c1. The van der Waals surface area contributed by atoms with E-state index in [1.54, 1.807) is 18.4 Å². The van der Waals surface area contributed by atoms with Gasteiger partial charge in [0.2, 0.25) is 5.91 Å². The maximum absolute atomic E-state index is 12.2. The Morgan fingerprint density at radius 1 is 1.17 bits per heavy atom. The molecule has 1 aliphatic heterocycles. The second-order valence-electron chi connectivity index (χ2n) is 5.94. The highest BCUT2D eigenvalue weighted by atomic mass is 16.3. The van der Waals surface area contributed by atoms with Crippen molar-refractivity contribution in [3.63, 3.8) is 0 Å². The average Bonchev–Trinajstić information content (AvgIpc) is 3.07. The first-order valence-electron chi connectivity index (χ1n) is 7.99. The molecule has 0 N–H and O–H groups in total. The number of furan rings is 1. The molecule has 2 heterocycles. The van der Waals surface area contributed by atoms with Crippen molar-refractivity contribution < 1.29 is 9.21 Å². The molecular weight excluding hydrogens is 288 g/mol. The van der Waals surface area contributed by atoms with Crippen LogP contribution in [-0.4, -0.2) is 41.9 Å². The van der Waals surface area contributed by atoms with Crippen LogP contribution in [0.2, 0.25) is 0 Å². The minimum atomic E-state index is 0.0524. The third-order valence-electron chi connectivity index (χ3n) is 4.11. The van der Waals surface area contributed by atoms with E-state index in [9.17, 15) is 4.79 Å². The lowest BCUT2D eigenvalue weighted by Crippen LogP contribution is -2.47. The first kappa shape index (κ1) is 15.6. The Hall–Kier alpha value is -2.33. The van der Waals surface area contributed by atoms with Gasteiger partial charge in [-0.05, 0) is 30.7 Å². The summed E-state index contributed by atoms with van der Waals surface area (Å²) in [5.74, 6) is 0.757. The minimum Gasteiger partial charge on any atom is -0.465 e. The Labute approximate surface area is 137 Å². The summed E-state index contributed by atoms with van der Waals surface area (Å²) < 4.78 is 5.20. The molecule has 23 heavy (non-hydrogen) atoms. The number of rotatable bonds is 4. The van der Waals surface area contributed by atoms with Crippen LogP contribution in [0.15, 0.2) is 53.2 Å². The monoisotopic (exact) mass is 310 g/mol. The number of carbonyl (C=O) groups is 1. The van der Waals surface area contributed by atoms with Crippen LogP contribution in [0.25, 0.3) is 6.08 Å². The number of hydrogen-bond acceptors (Lipinski definition) is 3. The number of benzene rings is 1. The van der Waals surface area contributed by atoms with Gasteiger partial charge in [-0.1, -0.05) is 29.8 Å². The molecule has 1 aromatic carbocycles. The molecule has 0 aliphatic carbocycles. The van der Waals surface area contributed by atoms with Crippen molar-refractivity contribution in [3.8, 4) is 0 Å². The van der Waals surface area contributed by atoms with Gasteiger partial charge >= 0.3 is 0 Å². The Morgan fingerprint density at radius 2 is 2.00 bits per heavy atom. The summed E-state index contributed by atoms with van der Waals surface area (Å²) in [4.78, 5) is 16.5. The van der Waals surface area contributed by atoms with Crippen molar-refractivity contribution in [2.45, 2.75) is 13.5 Å². The van der Waals surface area contributed by atoms with Crippen LogP contribution in [0.3, 0.4) is 0 Å². The second kappa shape index (κ2) is 7.29. The summed E-state index contributed by atoms with van der Waals surface area (Å²) >= 11 is 0. The molecule has 0 bridgehead atoms. The molecule has 2 aromatic rings. The van der Waals surface area contributed by atoms with Gasteiger partial charge in [0.15, 0.2) is 0 Å². The van der Waals surface area contributed by atoms with Crippen molar-refractivity contribution in [2.24, 2.45) is 0 Å². The second-order valence-corrected chi connectivity index (χ2v) is 5.94. The predicted molar refractivity (Wildman–Crippen MR) is 90.8 cm³/mol. The molecule has 4 heteroatoms. The molecule has 0 atom stereocenters. The largest absolute Gasteiger partial charge is 0.465 e. The van der Waals surface area contributed by atoms with Crippen molar-refractivity contribution in [3.05, 3.63) is 65.6 Å². The van der Waals surface area contributed by atoms with E-state index in [0.717, 1.165) is 32.7 Å². The van der Waals surface area contributed by atoms with Gasteiger partial charge in [-0.2, -0.15) is 0 Å². The highest BCUT2D eigenvalue weighted by molar-refractivity contribution is 5.91. The van der Waals surface area contributed by atoms with Gasteiger partial charge in [-0.3, -0.25) is 9.69 Å². The lowest BCUT2D eigenvalue weighted by molar-refractivity contribution is -0.127. The lowest BCUT2D eigenvalue weighted by atomic mass is 10.1. The number of hydrogen-bond donors (Lipinski definition) is 0. The van der Waals surface area contributed by atoms with Crippen molar-refractivity contribution in [2.75, 3.05) is 26.2 Å². The van der Waals surface area contributed by atoms with Crippen molar-refractivity contribution in [1.29, 1.82) is 0 Å². The summed E-state index contributed by atoms with van der Waals surface area (Å²) in [7, 11) is 0. The molecule has 4 nitrogen and oxygen atoms in total. The smallest absolute Gasteiger partial charge is 0.246 e. The molecule has 1 aliphatic rings. The van der Waals surface area contributed by atoms with Crippen LogP contribution >= 0.6 is 0 Å². The number of amides is 1. The number of piperazine rings is 1. The maximum atomic E-state index is 12.2. The van der Waals surface area contributed by atoms with Crippen LogP contribution in [-0.2, 0) is 11.3 Å². The summed E-state index contributed by atoms with van der Waals surface area (Å²) in [6.07, 6.45) is 4.92. The zero-order valence-corrected chi connectivity index (χ0v) is 13.4. The Morgan fingerprint density at radius 3 is 2.70 bits per heavy atom. The topological polar surface area (TPSA) is 36.7 Å². The number of carbonyl (C=O) groups excluding carboxylic acids is 1. The zero-order chi connectivity index (χ0) is 16.1. The fourth-order valence-electron chi connectivity index (χ4n) is 2.84. The fraction of sp³-hybridized carbons (Fsp3) is 0.316. The van der Waals surface area contributed by atoms with E-state index in [4.69, 9.17) is 4.42 Å². The molecule has 3 rings (SSSR count). The Bertz CT molecular complexity index is 668. The van der Waals surface area contributed by atoms with Crippen LogP contribution in [0.1, 0.15) is 16.9 Å². The van der Waals surface area contributed by atoms with E-state index in [1.807, 2.05) is 17.0 Å². The third kappa shape index (κ3) is 4.33. The van der Waals surface area contributed by atoms with Crippen LogP contribution < -0.4 is 0 Å². The zero-order valence-electron chi connectivity index (χ0n) is 13.4. The maximum Gasteiger partial charge on any atom is 0.246 e. The summed E-state index contributed by atoms with van der Waals surface area (Å²) in [5, 5.41) is 0. The van der Waals surface area contributed by atoms with Crippen molar-refractivity contribution in [1.82, 2.24) is 9.80 Å². The first-order chi connectivity index (χ1) is 11.2. The normalized spacial score (nSPS) is 16.1. The van der Waals surface area contributed by atoms with Gasteiger partial charge in [-0.25, -0.2) is 0 Å². The van der Waals surface area contributed by atoms with E-state index in [0.29, 0.717) is 5.76 Å². The van der Waals surface area contributed by atoms with Gasteiger partial charge < -0.3 is 9.32 Å². The number of aryl methyl sites for hydroxylation is 1. The van der Waals surface area contributed by atoms with Crippen LogP contribution in [0.5, 0.6) is 0 Å². The van der Waals surface area contributed by atoms with E-state index in [1.165, 1.54) is 11.1 Å². The standard InChI is InChI=1S/C19H22N2O2/c1-16-4-2-5-17(14-16)15-20-9-11-21(12-10-20)19(22)8-7-18-6-3-13-23-18/h2-8,13-14H,9-12,15H2,1H3/b8-7+. The molecule has 0 radical (unpaired) electrons. The molecule has 0 saturated carbocycles. The van der Waals surface area contributed by atoms with Crippen LogP contribution in [0, 0.1) is 6.92 Å². The summed E-state index contributed by atoms with van der Waals surface area (Å²) in [6, 6.07) is 12.3. The molecular formula is C19H22N2O2. The minimum absolute atomic E-state index is 0.0524. The van der Waals surface area contributed by atoms with Gasteiger partial charge in [0, 0.05) is 38.8 Å². The lowest BCUT2D eigenvalue weighted by Gasteiger charge is -2.34. The number of nitrogens with zero attached hydrogens (tertiary/aromatic N) is 2. The third-order valence-corrected chi connectivity index (χ3v) is 4.11. The van der Waals surface area contributed by atoms with Crippen LogP contribution in [0.4, 0.5) is 0 Å². The van der Waals surface area contributed by atoms with E-state index >= 15 is 0 Å². The molecule has 1 fully saturated rings. The summed E-state index contributed by atoms with van der Waals surface area (Å²) in [6.45, 7) is 6.43. The highest BCUT2D eigenvalue weighted by Crippen LogP contribution is 2.11. The molecule has 1 saturated heterocycles. The molecule has 0 spiro atoms. The average molecular weight is 310 g/mol. The quantitative estimate of drug-likeness (QED) is 0.815. The van der Waals surface area contributed by atoms with E-state index < -0.39 is 0 Å². The molecule has 0 unspecified atom stereocenters. The van der Waals surface area contributed by atoms with Gasteiger partial charge in [0.05, 0.1) is 6.26 Å². The van der Waals surface area contributed by atoms with E-state index in [-0.39, 0.29) is 5.91 Å². The Kier molecular flexibility index (Phi) is 4.93. The highest BCUT2D eigenvalue weighted by Gasteiger charge is 2.19. The molecule has 120 valence electrons. The van der Waals surface area contributed by atoms with Gasteiger partial charge in [0.1, 0.15) is 5.76 Å². The first-order valence-corrected chi connectivity index (χ1v) is 7.99. The predicted octanol–water partition coefficient (Wildman–Crippen LogP) is 2.95. The molecule has 1 amide bonds. The Balaban J connectivity index is 1.49. The van der Waals surface area contributed by atoms with E-state index in [2.05, 4.69) is 36.1 Å². The van der Waals surface area contributed by atoms with Gasteiger partial charge in [-0.15, -0.1) is 0 Å². The fourth-order valence-corrected chi connectivity index (χ4v) is 2.84. The molecule has 1 aromatic heterocycles. The van der Waals surface area contributed by atoms with Crippen molar-refractivity contribution >= 4 is 12.0 Å².